The zero-order chi connectivity index (χ0) is 11.8. The fourth-order valence-electron chi connectivity index (χ4n) is 2.37. The molecule has 4 heteroatoms. The van der Waals surface area contributed by atoms with Crippen LogP contribution in [0.15, 0.2) is 6.20 Å². The number of nitrogens with zero attached hydrogens (tertiary/aromatic N) is 3. The van der Waals surface area contributed by atoms with Crippen LogP contribution in [0, 0.1) is 6.92 Å². The summed E-state index contributed by atoms with van der Waals surface area (Å²) in [6, 6.07) is 0. The van der Waals surface area contributed by atoms with E-state index in [4.69, 9.17) is 0 Å². The molecular weight excluding hydrogens is 205 g/mol. The average molecular weight is 225 g/mol. The molecule has 0 amide bonds. The third-order valence-corrected chi connectivity index (χ3v) is 3.46. The lowest BCUT2D eigenvalue weighted by molar-refractivity contribution is 0.0562. The van der Waals surface area contributed by atoms with E-state index >= 15 is 0 Å². The monoisotopic (exact) mass is 225 g/mol. The van der Waals surface area contributed by atoms with E-state index in [0.717, 1.165) is 19.5 Å². The van der Waals surface area contributed by atoms with E-state index in [1.807, 2.05) is 17.9 Å². The number of likely N-dealkylation sites (tertiary alicyclic amines) is 1. The Bertz CT molecular complexity index is 370. The molecule has 0 radical (unpaired) electrons. The van der Waals surface area contributed by atoms with Crippen molar-refractivity contribution in [1.29, 1.82) is 0 Å². The maximum Gasteiger partial charge on any atom is 0.120 e. The molecule has 0 aliphatic carbocycles. The molecule has 0 bridgehead atoms. The third-order valence-electron chi connectivity index (χ3n) is 3.46. The van der Waals surface area contributed by atoms with Gasteiger partial charge in [-0.1, -0.05) is 0 Å². The first-order valence-corrected chi connectivity index (χ1v) is 5.87. The number of alkyl halides is 1. The second-order valence-corrected chi connectivity index (χ2v) is 5.11. The molecule has 0 N–H and O–H groups in total. The highest BCUT2D eigenvalue weighted by Crippen LogP contribution is 2.25. The molecule has 1 aliphatic rings. The Balaban J connectivity index is 2.02. The predicted molar refractivity (Wildman–Crippen MR) is 62.0 cm³/mol. The minimum atomic E-state index is -1.02. The lowest BCUT2D eigenvalue weighted by atomic mass is 9.96. The van der Waals surface area contributed by atoms with Crippen molar-refractivity contribution in [3.63, 3.8) is 0 Å². The Labute approximate surface area is 96.2 Å². The van der Waals surface area contributed by atoms with Crippen LogP contribution in [0.5, 0.6) is 0 Å². The summed E-state index contributed by atoms with van der Waals surface area (Å²) < 4.78 is 15.7. The smallest absolute Gasteiger partial charge is 0.120 e. The molecule has 16 heavy (non-hydrogen) atoms. The number of rotatable bonds is 2. The fourth-order valence-corrected chi connectivity index (χ4v) is 2.37. The van der Waals surface area contributed by atoms with Gasteiger partial charge in [-0.15, -0.1) is 0 Å². The molecule has 0 aromatic carbocycles. The number of aryl methyl sites for hydroxylation is 1. The number of halogens is 1. The highest BCUT2D eigenvalue weighted by atomic mass is 19.1. The molecule has 0 saturated carbocycles. The standard InChI is InChI=1S/C12H20FN3/c1-10-11(7-14-15(10)3)8-16-6-4-5-12(2,13)9-16/h7H,4-6,8-9H2,1-3H3/t12-/m0/s1. The Hall–Kier alpha value is -0.900. The van der Waals surface area contributed by atoms with E-state index in [0.29, 0.717) is 13.0 Å². The van der Waals surface area contributed by atoms with Gasteiger partial charge in [0.2, 0.25) is 0 Å². The summed E-state index contributed by atoms with van der Waals surface area (Å²) in [5.41, 5.74) is 1.36. The number of hydrogen-bond acceptors (Lipinski definition) is 2. The summed E-state index contributed by atoms with van der Waals surface area (Å²) in [6.07, 6.45) is 3.53. The van der Waals surface area contributed by atoms with Gasteiger partial charge in [0.1, 0.15) is 5.67 Å². The van der Waals surface area contributed by atoms with Crippen LogP contribution in [-0.4, -0.2) is 33.4 Å². The molecular formula is C12H20FN3. The molecule has 1 fully saturated rings. The van der Waals surface area contributed by atoms with E-state index in [2.05, 4.69) is 16.9 Å². The molecule has 2 rings (SSSR count). The van der Waals surface area contributed by atoms with Crippen LogP contribution in [0.2, 0.25) is 0 Å². The first-order valence-electron chi connectivity index (χ1n) is 5.87. The van der Waals surface area contributed by atoms with E-state index < -0.39 is 5.67 Å². The van der Waals surface area contributed by atoms with Gasteiger partial charge in [0.25, 0.3) is 0 Å². The Kier molecular flexibility index (Phi) is 3.02. The van der Waals surface area contributed by atoms with E-state index in [1.54, 1.807) is 6.92 Å². The van der Waals surface area contributed by atoms with Crippen molar-refractivity contribution in [3.8, 4) is 0 Å². The van der Waals surface area contributed by atoms with E-state index in [9.17, 15) is 4.39 Å². The van der Waals surface area contributed by atoms with Gasteiger partial charge in [-0.3, -0.25) is 9.58 Å². The Morgan fingerprint density at radius 2 is 2.31 bits per heavy atom. The van der Waals surface area contributed by atoms with Gasteiger partial charge < -0.3 is 0 Å². The molecule has 0 spiro atoms. The molecule has 3 nitrogen and oxygen atoms in total. The zero-order valence-electron chi connectivity index (χ0n) is 10.3. The molecule has 1 aromatic heterocycles. The van der Waals surface area contributed by atoms with Crippen LogP contribution in [0.25, 0.3) is 0 Å². The largest absolute Gasteiger partial charge is 0.296 e. The van der Waals surface area contributed by atoms with Gasteiger partial charge in [0.15, 0.2) is 0 Å². The van der Waals surface area contributed by atoms with Crippen molar-refractivity contribution >= 4 is 0 Å². The van der Waals surface area contributed by atoms with Crippen LogP contribution in [-0.2, 0) is 13.6 Å². The lowest BCUT2D eigenvalue weighted by Gasteiger charge is -2.34. The molecule has 90 valence electrons. The highest BCUT2D eigenvalue weighted by molar-refractivity contribution is 5.15. The molecule has 1 aromatic rings. The quantitative estimate of drug-likeness (QED) is 0.768. The lowest BCUT2D eigenvalue weighted by Crippen LogP contribution is -2.42. The summed E-state index contributed by atoms with van der Waals surface area (Å²) in [6.45, 7) is 6.12. The fraction of sp³-hybridized carbons (Fsp3) is 0.750. The topological polar surface area (TPSA) is 21.1 Å². The summed E-state index contributed by atoms with van der Waals surface area (Å²) >= 11 is 0. The maximum absolute atomic E-state index is 13.9. The van der Waals surface area contributed by atoms with Gasteiger partial charge in [-0.2, -0.15) is 5.10 Å². The number of aromatic nitrogens is 2. The van der Waals surface area contributed by atoms with Crippen molar-refractivity contribution in [2.24, 2.45) is 7.05 Å². The first-order chi connectivity index (χ1) is 7.48. The Morgan fingerprint density at radius 1 is 1.56 bits per heavy atom. The summed E-state index contributed by atoms with van der Waals surface area (Å²) in [5, 5.41) is 4.21. The van der Waals surface area contributed by atoms with Gasteiger partial charge in [-0.25, -0.2) is 4.39 Å². The minimum absolute atomic E-state index is 0.543. The SMILES string of the molecule is Cc1c(CN2CCC[C@](C)(F)C2)cnn1C. The van der Waals surface area contributed by atoms with Crippen molar-refractivity contribution in [1.82, 2.24) is 14.7 Å². The van der Waals surface area contributed by atoms with Crippen molar-refractivity contribution in [2.45, 2.75) is 38.9 Å². The van der Waals surface area contributed by atoms with E-state index in [-0.39, 0.29) is 0 Å². The summed E-state index contributed by atoms with van der Waals surface area (Å²) in [5.74, 6) is 0. The highest BCUT2D eigenvalue weighted by Gasteiger charge is 2.30. The van der Waals surface area contributed by atoms with Gasteiger partial charge in [-0.05, 0) is 33.2 Å². The molecule has 2 heterocycles. The van der Waals surface area contributed by atoms with Crippen LogP contribution in [0.1, 0.15) is 31.0 Å². The van der Waals surface area contributed by atoms with Crippen LogP contribution < -0.4 is 0 Å². The van der Waals surface area contributed by atoms with Crippen LogP contribution >= 0.6 is 0 Å². The average Bonchev–Trinajstić information content (AvgIpc) is 2.48. The molecule has 1 aliphatic heterocycles. The zero-order valence-corrected chi connectivity index (χ0v) is 10.3. The van der Waals surface area contributed by atoms with Gasteiger partial charge in [0.05, 0.1) is 6.20 Å². The van der Waals surface area contributed by atoms with Crippen LogP contribution in [0.4, 0.5) is 4.39 Å². The third kappa shape index (κ3) is 2.43. The maximum atomic E-state index is 13.9. The van der Waals surface area contributed by atoms with Gasteiger partial charge >= 0.3 is 0 Å². The van der Waals surface area contributed by atoms with Crippen molar-refractivity contribution < 1.29 is 4.39 Å². The van der Waals surface area contributed by atoms with E-state index in [1.165, 1.54) is 11.3 Å². The summed E-state index contributed by atoms with van der Waals surface area (Å²) in [4.78, 5) is 2.19. The second kappa shape index (κ2) is 4.17. The Morgan fingerprint density at radius 3 is 2.88 bits per heavy atom. The molecule has 1 atom stereocenters. The molecule has 1 saturated heterocycles. The molecule has 0 unspecified atom stereocenters. The van der Waals surface area contributed by atoms with Crippen molar-refractivity contribution in [3.05, 3.63) is 17.5 Å². The summed E-state index contributed by atoms with van der Waals surface area (Å²) in [7, 11) is 1.94. The number of hydrogen-bond donors (Lipinski definition) is 0. The number of piperidine rings is 1. The van der Waals surface area contributed by atoms with Gasteiger partial charge in [0, 0.05) is 31.4 Å². The normalized spacial score (nSPS) is 27.2. The minimum Gasteiger partial charge on any atom is -0.296 e. The first kappa shape index (κ1) is 11.6. The van der Waals surface area contributed by atoms with Crippen molar-refractivity contribution in [2.75, 3.05) is 13.1 Å². The van der Waals surface area contributed by atoms with Crippen LogP contribution in [0.3, 0.4) is 0 Å². The second-order valence-electron chi connectivity index (χ2n) is 5.11. The predicted octanol–water partition coefficient (Wildman–Crippen LogP) is 2.05.